The third-order valence-electron chi connectivity index (χ3n) is 3.38. The number of alkyl carbamates (subject to hydrolysis) is 1. The van der Waals surface area contributed by atoms with Gasteiger partial charge in [-0.25, -0.2) is 4.79 Å². The number of thioether (sulfide) groups is 1. The second kappa shape index (κ2) is 8.42. The zero-order valence-corrected chi connectivity index (χ0v) is 15.1. The Morgan fingerprint density at radius 2 is 1.91 bits per heavy atom. The SMILES string of the molecule is CN(C(=O)CSCC(N)=O)[C@H](CNC(=O)OC(C)(C)C)C1CC1. The summed E-state index contributed by atoms with van der Waals surface area (Å²) in [4.78, 5) is 36.3. The zero-order valence-electron chi connectivity index (χ0n) is 14.3. The molecule has 8 heteroatoms. The lowest BCUT2D eigenvalue weighted by Crippen LogP contribution is -2.47. The Labute approximate surface area is 141 Å². The first kappa shape index (κ1) is 19.6. The fourth-order valence-electron chi connectivity index (χ4n) is 2.13. The van der Waals surface area contributed by atoms with E-state index in [0.717, 1.165) is 12.8 Å². The maximum Gasteiger partial charge on any atom is 0.407 e. The maximum atomic E-state index is 12.2. The van der Waals surface area contributed by atoms with Crippen LogP contribution in [0.1, 0.15) is 33.6 Å². The van der Waals surface area contributed by atoms with Crippen molar-refractivity contribution in [1.29, 1.82) is 0 Å². The summed E-state index contributed by atoms with van der Waals surface area (Å²) in [5.41, 5.74) is 4.51. The van der Waals surface area contributed by atoms with Crippen LogP contribution in [0.5, 0.6) is 0 Å². The van der Waals surface area contributed by atoms with Crippen LogP contribution >= 0.6 is 11.8 Å². The van der Waals surface area contributed by atoms with Crippen molar-refractivity contribution in [1.82, 2.24) is 10.2 Å². The lowest BCUT2D eigenvalue weighted by molar-refractivity contribution is -0.129. The van der Waals surface area contributed by atoms with Crippen molar-refractivity contribution in [2.45, 2.75) is 45.3 Å². The number of nitrogens with zero attached hydrogens (tertiary/aromatic N) is 1. The van der Waals surface area contributed by atoms with Gasteiger partial charge in [-0.15, -0.1) is 11.8 Å². The highest BCUT2D eigenvalue weighted by Gasteiger charge is 2.36. The predicted octanol–water partition coefficient (Wildman–Crippen LogP) is 0.967. The Kier molecular flexibility index (Phi) is 7.18. The van der Waals surface area contributed by atoms with Crippen molar-refractivity contribution >= 4 is 29.7 Å². The first-order valence-corrected chi connectivity index (χ1v) is 8.84. The van der Waals surface area contributed by atoms with Gasteiger partial charge in [0.25, 0.3) is 0 Å². The van der Waals surface area contributed by atoms with Gasteiger partial charge in [0.1, 0.15) is 5.60 Å². The van der Waals surface area contributed by atoms with E-state index < -0.39 is 17.6 Å². The van der Waals surface area contributed by atoms with Crippen LogP contribution in [0, 0.1) is 5.92 Å². The summed E-state index contributed by atoms with van der Waals surface area (Å²) in [5.74, 6) is 0.230. The summed E-state index contributed by atoms with van der Waals surface area (Å²) in [7, 11) is 1.73. The summed E-state index contributed by atoms with van der Waals surface area (Å²) in [6, 6.07) is -0.0517. The van der Waals surface area contributed by atoms with E-state index in [1.54, 1.807) is 32.7 Å². The first-order chi connectivity index (χ1) is 10.6. The molecule has 132 valence electrons. The van der Waals surface area contributed by atoms with E-state index in [9.17, 15) is 14.4 Å². The highest BCUT2D eigenvalue weighted by Crippen LogP contribution is 2.35. The van der Waals surface area contributed by atoms with E-state index in [1.165, 1.54) is 11.8 Å². The van der Waals surface area contributed by atoms with E-state index in [2.05, 4.69) is 5.32 Å². The van der Waals surface area contributed by atoms with E-state index in [1.807, 2.05) is 0 Å². The van der Waals surface area contributed by atoms with Crippen LogP contribution in [0.2, 0.25) is 0 Å². The molecule has 0 unspecified atom stereocenters. The number of hydrogen-bond acceptors (Lipinski definition) is 5. The molecule has 0 spiro atoms. The average Bonchev–Trinajstić information content (AvgIpc) is 3.20. The molecule has 3 N–H and O–H groups in total. The zero-order chi connectivity index (χ0) is 17.6. The smallest absolute Gasteiger partial charge is 0.407 e. The van der Waals surface area contributed by atoms with Gasteiger partial charge in [-0.1, -0.05) is 0 Å². The first-order valence-electron chi connectivity index (χ1n) is 7.68. The molecule has 1 rings (SSSR count). The van der Waals surface area contributed by atoms with Gasteiger partial charge in [-0.2, -0.15) is 0 Å². The molecule has 3 amide bonds. The number of nitrogens with one attached hydrogen (secondary N) is 1. The predicted molar refractivity (Wildman–Crippen MR) is 90.0 cm³/mol. The van der Waals surface area contributed by atoms with Gasteiger partial charge in [0.05, 0.1) is 17.5 Å². The fraction of sp³-hybridized carbons (Fsp3) is 0.800. The summed E-state index contributed by atoms with van der Waals surface area (Å²) < 4.78 is 5.21. The van der Waals surface area contributed by atoms with E-state index in [-0.39, 0.29) is 23.5 Å². The molecule has 23 heavy (non-hydrogen) atoms. The Morgan fingerprint density at radius 1 is 1.30 bits per heavy atom. The summed E-state index contributed by atoms with van der Waals surface area (Å²) in [6.45, 7) is 5.77. The number of likely N-dealkylation sites (N-methyl/N-ethyl adjacent to an activating group) is 1. The Bertz CT molecular complexity index is 446. The molecule has 1 atom stereocenters. The molecule has 0 radical (unpaired) electrons. The highest BCUT2D eigenvalue weighted by atomic mass is 32.2. The third kappa shape index (κ3) is 8.11. The second-order valence-electron chi connectivity index (χ2n) is 6.75. The van der Waals surface area contributed by atoms with Crippen LogP contribution < -0.4 is 11.1 Å². The van der Waals surface area contributed by atoms with E-state index in [0.29, 0.717) is 12.5 Å². The number of nitrogens with two attached hydrogens (primary N) is 1. The fourth-order valence-corrected chi connectivity index (χ4v) is 2.81. The highest BCUT2D eigenvalue weighted by molar-refractivity contribution is 8.00. The van der Waals surface area contributed by atoms with Gasteiger partial charge in [0.15, 0.2) is 0 Å². The molecule has 0 aromatic carbocycles. The Hall–Kier alpha value is -1.44. The minimum atomic E-state index is -0.549. The van der Waals surface area contributed by atoms with Crippen molar-refractivity contribution < 1.29 is 19.1 Å². The van der Waals surface area contributed by atoms with Crippen molar-refractivity contribution in [3.63, 3.8) is 0 Å². The molecule has 0 heterocycles. The molecule has 0 saturated heterocycles. The van der Waals surface area contributed by atoms with Crippen LogP contribution in [-0.4, -0.2) is 59.5 Å². The lowest BCUT2D eigenvalue weighted by Gasteiger charge is -2.29. The van der Waals surface area contributed by atoms with Crippen molar-refractivity contribution in [3.05, 3.63) is 0 Å². The maximum absolute atomic E-state index is 12.2. The van der Waals surface area contributed by atoms with Gasteiger partial charge >= 0.3 is 6.09 Å². The molecule has 0 aliphatic heterocycles. The normalized spacial score (nSPS) is 15.7. The van der Waals surface area contributed by atoms with E-state index in [4.69, 9.17) is 10.5 Å². The number of rotatable bonds is 8. The molecule has 0 aromatic heterocycles. The Balaban J connectivity index is 2.46. The molecule has 1 fully saturated rings. The number of carbonyl (C=O) groups excluding carboxylic acids is 3. The second-order valence-corrected chi connectivity index (χ2v) is 7.74. The molecule has 0 aromatic rings. The van der Waals surface area contributed by atoms with Gasteiger partial charge in [0.2, 0.25) is 11.8 Å². The largest absolute Gasteiger partial charge is 0.444 e. The monoisotopic (exact) mass is 345 g/mol. The number of amides is 3. The lowest BCUT2D eigenvalue weighted by atomic mass is 10.1. The third-order valence-corrected chi connectivity index (χ3v) is 4.32. The van der Waals surface area contributed by atoms with Gasteiger partial charge in [-0.3, -0.25) is 9.59 Å². The van der Waals surface area contributed by atoms with Crippen molar-refractivity contribution in [2.75, 3.05) is 25.1 Å². The van der Waals surface area contributed by atoms with Crippen LogP contribution in [0.25, 0.3) is 0 Å². The Morgan fingerprint density at radius 3 is 2.39 bits per heavy atom. The average molecular weight is 345 g/mol. The molecule has 1 aliphatic carbocycles. The summed E-state index contributed by atoms with van der Waals surface area (Å²) in [6.07, 6.45) is 1.62. The van der Waals surface area contributed by atoms with Gasteiger partial charge in [-0.05, 0) is 39.5 Å². The minimum Gasteiger partial charge on any atom is -0.444 e. The molecule has 1 aliphatic rings. The van der Waals surface area contributed by atoms with Crippen molar-refractivity contribution in [3.8, 4) is 0 Å². The van der Waals surface area contributed by atoms with Crippen LogP contribution in [0.4, 0.5) is 4.79 Å². The van der Waals surface area contributed by atoms with Crippen LogP contribution in [0.15, 0.2) is 0 Å². The molecular formula is C15H27N3O4S. The number of hydrogen-bond donors (Lipinski definition) is 2. The number of carbonyl (C=O) groups is 3. The molecule has 7 nitrogen and oxygen atoms in total. The molecule has 0 bridgehead atoms. The van der Waals surface area contributed by atoms with Gasteiger partial charge < -0.3 is 20.7 Å². The van der Waals surface area contributed by atoms with Gasteiger partial charge in [0, 0.05) is 13.6 Å². The number of ether oxygens (including phenoxy) is 1. The molecular weight excluding hydrogens is 318 g/mol. The van der Waals surface area contributed by atoms with Crippen molar-refractivity contribution in [2.24, 2.45) is 11.7 Å². The van der Waals surface area contributed by atoms with Crippen LogP contribution in [-0.2, 0) is 14.3 Å². The summed E-state index contributed by atoms with van der Waals surface area (Å²) in [5, 5.41) is 2.73. The number of primary amides is 1. The van der Waals surface area contributed by atoms with Crippen LogP contribution in [0.3, 0.4) is 0 Å². The van der Waals surface area contributed by atoms with E-state index >= 15 is 0 Å². The topological polar surface area (TPSA) is 102 Å². The standard InChI is InChI=1S/C15H27N3O4S/c1-15(2,3)22-14(21)17-7-11(10-5-6-10)18(4)13(20)9-23-8-12(16)19/h10-11H,5-9H2,1-4H3,(H2,16,19)(H,17,21)/t11-/m1/s1. The molecule has 1 saturated carbocycles. The quantitative estimate of drug-likeness (QED) is 0.682. The minimum absolute atomic E-state index is 0.0517. The summed E-state index contributed by atoms with van der Waals surface area (Å²) >= 11 is 1.20.